The molecule has 4 aromatic rings. The molecule has 7 heteroatoms. The Morgan fingerprint density at radius 2 is 1.57 bits per heavy atom. The highest BCUT2D eigenvalue weighted by atomic mass is 19.1. The van der Waals surface area contributed by atoms with Gasteiger partial charge in [0.15, 0.2) is 0 Å². The maximum Gasteiger partial charge on any atom is 0.254 e. The highest BCUT2D eigenvalue weighted by molar-refractivity contribution is 6.10. The number of carbonyl (C=O) groups excluding carboxylic acids is 1. The van der Waals surface area contributed by atoms with Crippen molar-refractivity contribution in [3.8, 4) is 11.3 Å². The molecule has 0 radical (unpaired) electrons. The topological polar surface area (TPSA) is 61.4 Å². The second-order valence-corrected chi connectivity index (χ2v) is 8.70. The summed E-state index contributed by atoms with van der Waals surface area (Å²) in [5, 5.41) is 12.6. The Morgan fingerprint density at radius 3 is 2.37 bits per heavy atom. The van der Waals surface area contributed by atoms with E-state index in [4.69, 9.17) is 0 Å². The largest absolute Gasteiger partial charge is 0.367 e. The van der Waals surface area contributed by atoms with E-state index in [0.29, 0.717) is 29.0 Å². The van der Waals surface area contributed by atoms with E-state index < -0.39 is 0 Å². The molecule has 1 saturated heterocycles. The van der Waals surface area contributed by atoms with Gasteiger partial charge in [-0.25, -0.2) is 4.39 Å². The summed E-state index contributed by atoms with van der Waals surface area (Å²) < 4.78 is 14.1. The highest BCUT2D eigenvalue weighted by Gasteiger charge is 2.21. The third-order valence-electron chi connectivity index (χ3n) is 6.44. The van der Waals surface area contributed by atoms with Crippen molar-refractivity contribution in [2.45, 2.75) is 6.42 Å². The Labute approximate surface area is 204 Å². The molecule has 0 saturated carbocycles. The van der Waals surface area contributed by atoms with E-state index in [1.165, 1.54) is 6.07 Å². The van der Waals surface area contributed by atoms with Crippen LogP contribution in [0, 0.1) is 5.82 Å². The molecule has 0 atom stereocenters. The lowest BCUT2D eigenvalue weighted by Crippen LogP contribution is -2.47. The molecule has 1 fully saturated rings. The molecule has 1 N–H and O–H groups in total. The Kier molecular flexibility index (Phi) is 6.95. The minimum absolute atomic E-state index is 0.140. The number of nitrogens with zero attached hydrogens (tertiary/aromatic N) is 4. The van der Waals surface area contributed by atoms with Crippen LogP contribution in [-0.4, -0.2) is 60.3 Å². The van der Waals surface area contributed by atoms with Gasteiger partial charge in [-0.3, -0.25) is 9.69 Å². The molecule has 0 aliphatic carbocycles. The van der Waals surface area contributed by atoms with Gasteiger partial charge in [0.1, 0.15) is 11.5 Å². The van der Waals surface area contributed by atoms with E-state index in [9.17, 15) is 9.18 Å². The molecular weight excluding hydrogens is 441 g/mol. The highest BCUT2D eigenvalue weighted by Crippen LogP contribution is 2.27. The first-order valence-corrected chi connectivity index (χ1v) is 12.0. The van der Waals surface area contributed by atoms with Crippen molar-refractivity contribution in [2.75, 3.05) is 44.2 Å². The average molecular weight is 470 g/mol. The number of halogens is 1. The molecule has 5 rings (SSSR count). The molecule has 1 amide bonds. The maximum absolute atomic E-state index is 14.1. The number of benzene rings is 3. The van der Waals surface area contributed by atoms with E-state index in [-0.39, 0.29) is 11.7 Å². The summed E-state index contributed by atoms with van der Waals surface area (Å²) >= 11 is 0. The number of anilines is 1. The van der Waals surface area contributed by atoms with Gasteiger partial charge >= 0.3 is 0 Å². The SMILES string of the molecule is O=C(NCCCN1CCN(c2ccccc2F)CC1)c1c(-c2ccccc2)nnc2ccccc12. The van der Waals surface area contributed by atoms with Gasteiger partial charge in [-0.1, -0.05) is 60.7 Å². The molecule has 0 bridgehead atoms. The molecular formula is C28H28FN5O. The molecule has 2 heterocycles. The van der Waals surface area contributed by atoms with Gasteiger partial charge in [0.25, 0.3) is 5.91 Å². The number of nitrogens with one attached hydrogen (secondary N) is 1. The number of carbonyl (C=O) groups is 1. The van der Waals surface area contributed by atoms with Crippen LogP contribution >= 0.6 is 0 Å². The van der Waals surface area contributed by atoms with Crippen molar-refractivity contribution < 1.29 is 9.18 Å². The van der Waals surface area contributed by atoms with E-state index >= 15 is 0 Å². The van der Waals surface area contributed by atoms with Crippen LogP contribution in [0.25, 0.3) is 22.2 Å². The predicted octanol–water partition coefficient (Wildman–Crippen LogP) is 4.38. The molecule has 3 aromatic carbocycles. The maximum atomic E-state index is 14.1. The summed E-state index contributed by atoms with van der Waals surface area (Å²) in [7, 11) is 0. The lowest BCUT2D eigenvalue weighted by atomic mass is 10.0. The average Bonchev–Trinajstić information content (AvgIpc) is 2.91. The molecule has 178 valence electrons. The molecule has 6 nitrogen and oxygen atoms in total. The number of piperazine rings is 1. The molecule has 0 unspecified atom stereocenters. The smallest absolute Gasteiger partial charge is 0.254 e. The normalized spacial score (nSPS) is 14.3. The fourth-order valence-electron chi connectivity index (χ4n) is 4.60. The standard InChI is InChI=1S/C28H28FN5O/c29-23-12-5-7-14-25(23)34-19-17-33(18-20-34)16-8-15-30-28(35)26-22-11-4-6-13-24(22)31-32-27(26)21-9-2-1-3-10-21/h1-7,9-14H,8,15-20H2,(H,30,35). The molecule has 35 heavy (non-hydrogen) atoms. The number of hydrogen-bond donors (Lipinski definition) is 1. The molecule has 1 aliphatic heterocycles. The van der Waals surface area contributed by atoms with E-state index in [2.05, 4.69) is 25.3 Å². The van der Waals surface area contributed by atoms with Crippen LogP contribution in [0.1, 0.15) is 16.8 Å². The Hall–Kier alpha value is -3.84. The van der Waals surface area contributed by atoms with E-state index in [1.807, 2.05) is 66.7 Å². The lowest BCUT2D eigenvalue weighted by Gasteiger charge is -2.36. The lowest BCUT2D eigenvalue weighted by molar-refractivity contribution is 0.0953. The van der Waals surface area contributed by atoms with Gasteiger partial charge in [-0.15, -0.1) is 10.2 Å². The van der Waals surface area contributed by atoms with Crippen LogP contribution in [0.15, 0.2) is 78.9 Å². The van der Waals surface area contributed by atoms with Crippen LogP contribution in [0.2, 0.25) is 0 Å². The molecule has 1 aromatic heterocycles. The molecule has 1 aliphatic rings. The fourth-order valence-corrected chi connectivity index (χ4v) is 4.60. The molecule has 0 spiro atoms. The van der Waals surface area contributed by atoms with Crippen molar-refractivity contribution in [3.05, 3.63) is 90.2 Å². The first kappa shape index (κ1) is 22.9. The van der Waals surface area contributed by atoms with Crippen LogP contribution in [0.3, 0.4) is 0 Å². The van der Waals surface area contributed by atoms with Gasteiger partial charge in [0.05, 0.1) is 16.8 Å². The minimum Gasteiger partial charge on any atom is -0.367 e. The number of amides is 1. The van der Waals surface area contributed by atoms with Crippen LogP contribution < -0.4 is 10.2 Å². The van der Waals surface area contributed by atoms with Crippen molar-refractivity contribution in [1.82, 2.24) is 20.4 Å². The minimum atomic E-state index is -0.170. The summed E-state index contributed by atoms with van der Waals surface area (Å²) in [5.74, 6) is -0.309. The number of hydrogen-bond acceptors (Lipinski definition) is 5. The Balaban J connectivity index is 1.19. The van der Waals surface area contributed by atoms with Gasteiger partial charge in [0, 0.05) is 43.7 Å². The second-order valence-electron chi connectivity index (χ2n) is 8.70. The van der Waals surface area contributed by atoms with Crippen LogP contribution in [0.5, 0.6) is 0 Å². The van der Waals surface area contributed by atoms with E-state index in [1.54, 1.807) is 6.07 Å². The van der Waals surface area contributed by atoms with Gasteiger partial charge in [-0.2, -0.15) is 0 Å². The third kappa shape index (κ3) is 5.15. The fraction of sp³-hybridized carbons (Fsp3) is 0.250. The van der Waals surface area contributed by atoms with Gasteiger partial charge < -0.3 is 10.2 Å². The van der Waals surface area contributed by atoms with Crippen molar-refractivity contribution in [2.24, 2.45) is 0 Å². The predicted molar refractivity (Wildman–Crippen MR) is 137 cm³/mol. The van der Waals surface area contributed by atoms with Crippen molar-refractivity contribution in [1.29, 1.82) is 0 Å². The quantitative estimate of drug-likeness (QED) is 0.407. The summed E-state index contributed by atoms with van der Waals surface area (Å²) in [6.45, 7) is 4.78. The summed E-state index contributed by atoms with van der Waals surface area (Å²) in [4.78, 5) is 17.8. The zero-order valence-corrected chi connectivity index (χ0v) is 19.5. The second kappa shape index (κ2) is 10.6. The van der Waals surface area contributed by atoms with Crippen molar-refractivity contribution in [3.63, 3.8) is 0 Å². The number of aromatic nitrogens is 2. The number of rotatable bonds is 7. The third-order valence-corrected chi connectivity index (χ3v) is 6.44. The zero-order chi connectivity index (χ0) is 24.0. The first-order valence-electron chi connectivity index (χ1n) is 12.0. The Morgan fingerprint density at radius 1 is 0.857 bits per heavy atom. The monoisotopic (exact) mass is 469 g/mol. The summed E-state index contributed by atoms with van der Waals surface area (Å²) in [5.41, 5.74) is 3.38. The summed E-state index contributed by atoms with van der Waals surface area (Å²) in [6, 6.07) is 24.2. The van der Waals surface area contributed by atoms with Gasteiger partial charge in [0.2, 0.25) is 0 Å². The summed E-state index contributed by atoms with van der Waals surface area (Å²) in [6.07, 6.45) is 0.836. The zero-order valence-electron chi connectivity index (χ0n) is 19.5. The number of para-hydroxylation sites is 1. The van der Waals surface area contributed by atoms with E-state index in [0.717, 1.165) is 50.1 Å². The van der Waals surface area contributed by atoms with Gasteiger partial charge in [-0.05, 0) is 31.2 Å². The Bertz CT molecular complexity index is 1310. The first-order chi connectivity index (χ1) is 17.2. The van der Waals surface area contributed by atoms with Crippen LogP contribution in [0.4, 0.5) is 10.1 Å². The van der Waals surface area contributed by atoms with Crippen LogP contribution in [-0.2, 0) is 0 Å². The number of fused-ring (bicyclic) bond motifs is 1. The van der Waals surface area contributed by atoms with Crippen molar-refractivity contribution >= 4 is 22.5 Å².